The number of benzene rings is 2. The molecule has 30 heavy (non-hydrogen) atoms. The van der Waals surface area contributed by atoms with Crippen LogP contribution in [0.25, 0.3) is 10.9 Å². The van der Waals surface area contributed by atoms with E-state index in [2.05, 4.69) is 10.3 Å². The molecule has 8 nitrogen and oxygen atoms in total. The van der Waals surface area contributed by atoms with Crippen molar-refractivity contribution < 1.29 is 14.3 Å². The fourth-order valence-corrected chi connectivity index (χ4v) is 3.60. The number of carbonyl (C=O) groups is 2. The molecule has 1 aromatic heterocycles. The second-order valence-corrected chi connectivity index (χ2v) is 7.18. The third-order valence-corrected chi connectivity index (χ3v) is 5.19. The predicted molar refractivity (Wildman–Crippen MR) is 113 cm³/mol. The highest BCUT2D eigenvalue weighted by atomic mass is 16.5. The van der Waals surface area contributed by atoms with Gasteiger partial charge in [-0.05, 0) is 36.4 Å². The van der Waals surface area contributed by atoms with Crippen LogP contribution < -0.4 is 20.5 Å². The average molecular weight is 406 g/mol. The van der Waals surface area contributed by atoms with Crippen LogP contribution in [-0.2, 0) is 16.1 Å². The minimum Gasteiger partial charge on any atom is -0.497 e. The first-order valence-corrected chi connectivity index (χ1v) is 9.73. The maximum absolute atomic E-state index is 12.5. The zero-order valence-corrected chi connectivity index (χ0v) is 16.6. The van der Waals surface area contributed by atoms with Gasteiger partial charge in [0.2, 0.25) is 11.8 Å². The summed E-state index contributed by atoms with van der Waals surface area (Å²) in [4.78, 5) is 43.2. The molecule has 1 aliphatic rings. The van der Waals surface area contributed by atoms with E-state index in [4.69, 9.17) is 4.74 Å². The van der Waals surface area contributed by atoms with Gasteiger partial charge in [-0.3, -0.25) is 19.0 Å². The lowest BCUT2D eigenvalue weighted by Crippen LogP contribution is -2.38. The minimum atomic E-state index is -0.265. The smallest absolute Gasteiger partial charge is 0.261 e. The van der Waals surface area contributed by atoms with E-state index >= 15 is 0 Å². The van der Waals surface area contributed by atoms with Crippen LogP contribution in [0, 0.1) is 0 Å². The summed E-state index contributed by atoms with van der Waals surface area (Å²) < 4.78 is 6.57. The number of ether oxygens (including phenoxy) is 1. The number of methoxy groups -OCH3 is 1. The quantitative estimate of drug-likeness (QED) is 0.673. The standard InChI is InChI=1S/C22H22N4O4/c1-30-17-8-6-16(7-9-17)26-13-15(12-21(26)28)24-20(27)10-11-25-14-23-19-5-3-2-4-18(19)22(25)29/h2-9,14-15H,10-13H2,1H3,(H,24,27). The second-order valence-electron chi connectivity index (χ2n) is 7.18. The number of nitrogens with zero attached hydrogens (tertiary/aromatic N) is 3. The Balaban J connectivity index is 1.35. The van der Waals surface area contributed by atoms with Crippen molar-refractivity contribution in [2.24, 2.45) is 0 Å². The highest BCUT2D eigenvalue weighted by Crippen LogP contribution is 2.24. The van der Waals surface area contributed by atoms with Crippen LogP contribution in [-0.4, -0.2) is 41.1 Å². The lowest BCUT2D eigenvalue weighted by Gasteiger charge is -2.17. The molecule has 0 bridgehead atoms. The fraction of sp³-hybridized carbons (Fsp3) is 0.273. The first-order valence-electron chi connectivity index (χ1n) is 9.73. The number of para-hydroxylation sites is 1. The SMILES string of the molecule is COc1ccc(N2CC(NC(=O)CCn3cnc4ccccc4c3=O)CC2=O)cc1. The Morgan fingerprint density at radius 2 is 1.93 bits per heavy atom. The highest BCUT2D eigenvalue weighted by Gasteiger charge is 2.31. The molecule has 4 rings (SSSR count). The van der Waals surface area contributed by atoms with Gasteiger partial charge in [0.05, 0.1) is 30.4 Å². The van der Waals surface area contributed by atoms with Crippen LogP contribution >= 0.6 is 0 Å². The van der Waals surface area contributed by atoms with E-state index in [-0.39, 0.29) is 42.8 Å². The topological polar surface area (TPSA) is 93.5 Å². The molecule has 1 saturated heterocycles. The molecule has 0 aliphatic carbocycles. The van der Waals surface area contributed by atoms with Crippen LogP contribution in [0.5, 0.6) is 5.75 Å². The van der Waals surface area contributed by atoms with Gasteiger partial charge in [0.15, 0.2) is 0 Å². The number of aryl methyl sites for hydroxylation is 1. The lowest BCUT2D eigenvalue weighted by molar-refractivity contribution is -0.122. The summed E-state index contributed by atoms with van der Waals surface area (Å²) in [6.07, 6.45) is 1.84. The third kappa shape index (κ3) is 4.03. The molecule has 0 radical (unpaired) electrons. The molecule has 1 aliphatic heterocycles. The number of nitrogens with one attached hydrogen (secondary N) is 1. The molecule has 3 aromatic rings. The van der Waals surface area contributed by atoms with E-state index < -0.39 is 0 Å². The zero-order valence-electron chi connectivity index (χ0n) is 16.6. The van der Waals surface area contributed by atoms with Gasteiger partial charge in [0, 0.05) is 31.6 Å². The first kappa shape index (κ1) is 19.6. The number of rotatable bonds is 6. The van der Waals surface area contributed by atoms with E-state index in [0.29, 0.717) is 23.2 Å². The van der Waals surface area contributed by atoms with Gasteiger partial charge in [0.1, 0.15) is 5.75 Å². The van der Waals surface area contributed by atoms with Gasteiger partial charge in [-0.1, -0.05) is 12.1 Å². The largest absolute Gasteiger partial charge is 0.497 e. The van der Waals surface area contributed by atoms with Crippen molar-refractivity contribution in [1.29, 1.82) is 0 Å². The Kier molecular flexibility index (Phi) is 5.47. The average Bonchev–Trinajstić information content (AvgIpc) is 3.13. The Bertz CT molecular complexity index is 1140. The number of amides is 2. The van der Waals surface area contributed by atoms with Crippen LogP contribution in [0.3, 0.4) is 0 Å². The summed E-state index contributed by atoms with van der Waals surface area (Å²) >= 11 is 0. The number of carbonyl (C=O) groups excluding carboxylic acids is 2. The molecule has 2 heterocycles. The van der Waals surface area contributed by atoms with Crippen molar-refractivity contribution in [1.82, 2.24) is 14.9 Å². The molecule has 2 aromatic carbocycles. The summed E-state index contributed by atoms with van der Waals surface area (Å²) in [5.41, 5.74) is 1.23. The molecule has 1 atom stereocenters. The van der Waals surface area contributed by atoms with E-state index in [1.54, 1.807) is 42.3 Å². The van der Waals surface area contributed by atoms with Crippen molar-refractivity contribution in [3.05, 3.63) is 65.2 Å². The molecule has 0 saturated carbocycles. The molecule has 1 N–H and O–H groups in total. The van der Waals surface area contributed by atoms with E-state index in [1.165, 1.54) is 10.9 Å². The van der Waals surface area contributed by atoms with E-state index in [1.807, 2.05) is 18.2 Å². The Hall–Kier alpha value is -3.68. The summed E-state index contributed by atoms with van der Waals surface area (Å²) in [5.74, 6) is 0.471. The maximum atomic E-state index is 12.5. The lowest BCUT2D eigenvalue weighted by atomic mass is 10.2. The molecular formula is C22H22N4O4. The van der Waals surface area contributed by atoms with Gasteiger partial charge in [0.25, 0.3) is 5.56 Å². The molecule has 0 spiro atoms. The van der Waals surface area contributed by atoms with Gasteiger partial charge in [-0.2, -0.15) is 0 Å². The third-order valence-electron chi connectivity index (χ3n) is 5.19. The summed E-state index contributed by atoms with van der Waals surface area (Å²) in [6.45, 7) is 0.639. The Morgan fingerprint density at radius 1 is 1.17 bits per heavy atom. The van der Waals surface area contributed by atoms with E-state index in [0.717, 1.165) is 5.69 Å². The molecule has 1 fully saturated rings. The summed E-state index contributed by atoms with van der Waals surface area (Å²) in [5, 5.41) is 3.42. The Labute approximate surface area is 173 Å². The van der Waals surface area contributed by atoms with Crippen LogP contribution in [0.15, 0.2) is 59.7 Å². The number of aromatic nitrogens is 2. The number of hydrogen-bond acceptors (Lipinski definition) is 5. The summed E-state index contributed by atoms with van der Waals surface area (Å²) in [7, 11) is 1.59. The Morgan fingerprint density at radius 3 is 2.70 bits per heavy atom. The van der Waals surface area contributed by atoms with Gasteiger partial charge in [-0.25, -0.2) is 4.98 Å². The van der Waals surface area contributed by atoms with Crippen molar-refractivity contribution >= 4 is 28.4 Å². The summed E-state index contributed by atoms with van der Waals surface area (Å²) in [6, 6.07) is 14.1. The minimum absolute atomic E-state index is 0.0413. The number of hydrogen-bond donors (Lipinski definition) is 1. The molecule has 154 valence electrons. The molecule has 8 heteroatoms. The number of fused-ring (bicyclic) bond motifs is 1. The zero-order chi connectivity index (χ0) is 21.1. The monoisotopic (exact) mass is 406 g/mol. The molecule has 2 amide bonds. The normalized spacial score (nSPS) is 16.1. The maximum Gasteiger partial charge on any atom is 0.261 e. The number of anilines is 1. The second kappa shape index (κ2) is 8.36. The van der Waals surface area contributed by atoms with Crippen LogP contribution in [0.2, 0.25) is 0 Å². The van der Waals surface area contributed by atoms with Gasteiger partial charge >= 0.3 is 0 Å². The molecular weight excluding hydrogens is 384 g/mol. The van der Waals surface area contributed by atoms with Crippen molar-refractivity contribution in [3.8, 4) is 5.75 Å². The van der Waals surface area contributed by atoms with Crippen LogP contribution in [0.1, 0.15) is 12.8 Å². The van der Waals surface area contributed by atoms with Gasteiger partial charge in [-0.15, -0.1) is 0 Å². The highest BCUT2D eigenvalue weighted by molar-refractivity contribution is 5.96. The fourth-order valence-electron chi connectivity index (χ4n) is 3.60. The van der Waals surface area contributed by atoms with E-state index in [9.17, 15) is 14.4 Å². The van der Waals surface area contributed by atoms with Crippen molar-refractivity contribution in [2.75, 3.05) is 18.6 Å². The molecule has 1 unspecified atom stereocenters. The van der Waals surface area contributed by atoms with Crippen LogP contribution in [0.4, 0.5) is 5.69 Å². The first-order chi connectivity index (χ1) is 14.5. The van der Waals surface area contributed by atoms with Crippen molar-refractivity contribution in [2.45, 2.75) is 25.4 Å². The predicted octanol–water partition coefficient (Wildman–Crippen LogP) is 1.72. The van der Waals surface area contributed by atoms with Gasteiger partial charge < -0.3 is 15.0 Å². The van der Waals surface area contributed by atoms with Crippen molar-refractivity contribution in [3.63, 3.8) is 0 Å².